The van der Waals surface area contributed by atoms with Gasteiger partial charge in [0.05, 0.1) is 17.6 Å². The van der Waals surface area contributed by atoms with Crippen LogP contribution in [0.3, 0.4) is 0 Å². The molecule has 10 heteroatoms. The molecular weight excluding hydrogens is 409 g/mol. The van der Waals surface area contributed by atoms with Gasteiger partial charge in [-0.15, -0.1) is 5.10 Å². The maximum Gasteiger partial charge on any atom is 0.233 e. The van der Waals surface area contributed by atoms with Gasteiger partial charge in [0.2, 0.25) is 11.1 Å². The van der Waals surface area contributed by atoms with Gasteiger partial charge in [-0.3, -0.25) is 4.79 Å². The SMILES string of the molecule is CC(Sc1nnnn1Cc1ccco1)C(=O)NC(C)c1ccc(Cl)cc1Cl. The van der Waals surface area contributed by atoms with Crippen LogP contribution in [0, 0.1) is 0 Å². The van der Waals surface area contributed by atoms with Crippen LogP contribution in [0.25, 0.3) is 0 Å². The molecule has 142 valence electrons. The van der Waals surface area contributed by atoms with Gasteiger partial charge in [0.1, 0.15) is 12.3 Å². The molecule has 0 saturated heterocycles. The molecule has 3 rings (SSSR count). The van der Waals surface area contributed by atoms with E-state index in [4.69, 9.17) is 27.6 Å². The Morgan fingerprint density at radius 1 is 1.33 bits per heavy atom. The highest BCUT2D eigenvalue weighted by molar-refractivity contribution is 8.00. The zero-order valence-electron chi connectivity index (χ0n) is 14.6. The first-order valence-corrected chi connectivity index (χ1v) is 9.78. The van der Waals surface area contributed by atoms with Crippen LogP contribution in [0.5, 0.6) is 0 Å². The van der Waals surface area contributed by atoms with Crippen molar-refractivity contribution in [3.8, 4) is 0 Å². The molecule has 3 aromatic rings. The summed E-state index contributed by atoms with van der Waals surface area (Å²) >= 11 is 13.4. The lowest BCUT2D eigenvalue weighted by molar-refractivity contribution is -0.120. The summed E-state index contributed by atoms with van der Waals surface area (Å²) in [6.07, 6.45) is 1.59. The van der Waals surface area contributed by atoms with E-state index in [1.165, 1.54) is 11.8 Å². The highest BCUT2D eigenvalue weighted by Gasteiger charge is 2.21. The smallest absolute Gasteiger partial charge is 0.233 e. The molecule has 1 N–H and O–H groups in total. The number of carbonyl (C=O) groups is 1. The van der Waals surface area contributed by atoms with Gasteiger partial charge < -0.3 is 9.73 Å². The number of furan rings is 1. The standard InChI is InChI=1S/C17H17Cl2N5O2S/c1-10(14-6-5-12(18)8-15(14)19)20-16(25)11(2)27-17-21-22-23-24(17)9-13-4-3-7-26-13/h3-8,10-11H,9H2,1-2H3,(H,20,25). The second-order valence-electron chi connectivity index (χ2n) is 5.85. The van der Waals surface area contributed by atoms with Crippen LogP contribution in [0.4, 0.5) is 0 Å². The molecule has 0 aliphatic carbocycles. The lowest BCUT2D eigenvalue weighted by Crippen LogP contribution is -2.33. The van der Waals surface area contributed by atoms with E-state index < -0.39 is 5.25 Å². The van der Waals surface area contributed by atoms with E-state index in [1.54, 1.807) is 42.1 Å². The van der Waals surface area contributed by atoms with E-state index in [0.29, 0.717) is 21.7 Å². The summed E-state index contributed by atoms with van der Waals surface area (Å²) in [5, 5.41) is 15.8. The first-order chi connectivity index (χ1) is 12.9. The highest BCUT2D eigenvalue weighted by Crippen LogP contribution is 2.27. The average molecular weight is 426 g/mol. The Labute approximate surface area is 170 Å². The Morgan fingerprint density at radius 2 is 2.15 bits per heavy atom. The van der Waals surface area contributed by atoms with Gasteiger partial charge in [-0.05, 0) is 54.1 Å². The first-order valence-electron chi connectivity index (χ1n) is 8.14. The Bertz CT molecular complexity index is 916. The molecule has 0 saturated carbocycles. The van der Waals surface area contributed by atoms with Crippen LogP contribution in [0.1, 0.15) is 31.2 Å². The lowest BCUT2D eigenvalue weighted by Gasteiger charge is -2.18. The molecule has 0 spiro atoms. The number of nitrogens with zero attached hydrogens (tertiary/aromatic N) is 4. The minimum atomic E-state index is -0.403. The molecule has 1 aromatic carbocycles. The molecule has 0 aliphatic rings. The fourth-order valence-corrected chi connectivity index (χ4v) is 3.77. The number of hydrogen-bond donors (Lipinski definition) is 1. The second kappa shape index (κ2) is 8.77. The van der Waals surface area contributed by atoms with Crippen LogP contribution in [0.2, 0.25) is 10.0 Å². The quantitative estimate of drug-likeness (QED) is 0.576. The summed E-state index contributed by atoms with van der Waals surface area (Å²) in [5.74, 6) is 0.582. The van der Waals surface area contributed by atoms with Gasteiger partial charge in [0, 0.05) is 10.0 Å². The summed E-state index contributed by atoms with van der Waals surface area (Å²) in [6.45, 7) is 4.06. The molecule has 2 unspecified atom stereocenters. The third kappa shape index (κ3) is 5.03. The van der Waals surface area contributed by atoms with Crippen molar-refractivity contribution in [1.82, 2.24) is 25.5 Å². The normalized spacial score (nSPS) is 13.3. The number of carbonyl (C=O) groups excluding carboxylic acids is 1. The summed E-state index contributed by atoms with van der Waals surface area (Å²) in [7, 11) is 0. The van der Waals surface area contributed by atoms with Gasteiger partial charge in [0.25, 0.3) is 0 Å². The van der Waals surface area contributed by atoms with Crippen LogP contribution >= 0.6 is 35.0 Å². The Balaban J connectivity index is 1.62. The third-order valence-corrected chi connectivity index (χ3v) is 5.46. The summed E-state index contributed by atoms with van der Waals surface area (Å²) in [4.78, 5) is 12.6. The minimum Gasteiger partial charge on any atom is -0.467 e. The highest BCUT2D eigenvalue weighted by atomic mass is 35.5. The third-order valence-electron chi connectivity index (χ3n) is 3.82. The molecule has 2 heterocycles. The molecule has 0 radical (unpaired) electrons. The molecule has 1 amide bonds. The maximum atomic E-state index is 12.6. The number of hydrogen-bond acceptors (Lipinski definition) is 6. The van der Waals surface area contributed by atoms with Crippen molar-refractivity contribution in [3.63, 3.8) is 0 Å². The number of rotatable bonds is 7. The molecule has 0 fully saturated rings. The van der Waals surface area contributed by atoms with E-state index >= 15 is 0 Å². The number of nitrogens with one attached hydrogen (secondary N) is 1. The van der Waals surface area contributed by atoms with Crippen LogP contribution in [-0.4, -0.2) is 31.4 Å². The monoisotopic (exact) mass is 425 g/mol. The van der Waals surface area contributed by atoms with E-state index in [0.717, 1.165) is 11.3 Å². The van der Waals surface area contributed by atoms with Crippen molar-refractivity contribution in [1.29, 1.82) is 0 Å². The second-order valence-corrected chi connectivity index (χ2v) is 8.01. The zero-order valence-corrected chi connectivity index (χ0v) is 16.9. The molecule has 0 aliphatic heterocycles. The Morgan fingerprint density at radius 3 is 2.85 bits per heavy atom. The fraction of sp³-hybridized carbons (Fsp3) is 0.294. The van der Waals surface area contributed by atoms with E-state index in [1.807, 2.05) is 13.0 Å². The van der Waals surface area contributed by atoms with Crippen LogP contribution in [0.15, 0.2) is 46.2 Å². The topological polar surface area (TPSA) is 85.8 Å². The molecule has 0 bridgehead atoms. The van der Waals surface area contributed by atoms with Gasteiger partial charge in [0.15, 0.2) is 0 Å². The number of benzene rings is 1. The van der Waals surface area contributed by atoms with Crippen molar-refractivity contribution < 1.29 is 9.21 Å². The van der Waals surface area contributed by atoms with Crippen molar-refractivity contribution in [3.05, 3.63) is 58.0 Å². The Hall–Kier alpha value is -2.03. The number of thioether (sulfide) groups is 1. The van der Waals surface area contributed by atoms with Gasteiger partial charge in [-0.1, -0.05) is 41.0 Å². The van der Waals surface area contributed by atoms with E-state index in [9.17, 15) is 4.79 Å². The summed E-state index contributed by atoms with van der Waals surface area (Å²) < 4.78 is 6.90. The summed E-state index contributed by atoms with van der Waals surface area (Å²) in [5.41, 5.74) is 0.800. The van der Waals surface area contributed by atoms with Crippen molar-refractivity contribution in [2.24, 2.45) is 0 Å². The predicted octanol–water partition coefficient (Wildman–Crippen LogP) is 3.98. The summed E-state index contributed by atoms with van der Waals surface area (Å²) in [6, 6.07) is 8.57. The largest absolute Gasteiger partial charge is 0.467 e. The number of tetrazole rings is 1. The van der Waals surface area contributed by atoms with Gasteiger partial charge in [-0.25, -0.2) is 4.68 Å². The van der Waals surface area contributed by atoms with E-state index in [2.05, 4.69) is 20.8 Å². The zero-order chi connectivity index (χ0) is 19.4. The number of halogens is 2. The number of amides is 1. The van der Waals surface area contributed by atoms with Crippen LogP contribution < -0.4 is 5.32 Å². The molecule has 2 aromatic heterocycles. The first kappa shape index (κ1) is 19.7. The lowest BCUT2D eigenvalue weighted by atomic mass is 10.1. The predicted molar refractivity (Wildman–Crippen MR) is 104 cm³/mol. The van der Waals surface area contributed by atoms with E-state index in [-0.39, 0.29) is 11.9 Å². The van der Waals surface area contributed by atoms with Gasteiger partial charge in [-0.2, -0.15) is 0 Å². The Kier molecular flexibility index (Phi) is 6.41. The molecule has 27 heavy (non-hydrogen) atoms. The average Bonchev–Trinajstić information content (AvgIpc) is 3.27. The van der Waals surface area contributed by atoms with Crippen molar-refractivity contribution in [2.45, 2.75) is 36.8 Å². The molecule has 7 nitrogen and oxygen atoms in total. The van der Waals surface area contributed by atoms with Crippen LogP contribution in [-0.2, 0) is 11.3 Å². The fourth-order valence-electron chi connectivity index (χ4n) is 2.40. The molecule has 2 atom stereocenters. The number of aromatic nitrogens is 4. The van der Waals surface area contributed by atoms with Crippen molar-refractivity contribution >= 4 is 40.9 Å². The van der Waals surface area contributed by atoms with Crippen molar-refractivity contribution in [2.75, 3.05) is 0 Å². The van der Waals surface area contributed by atoms with Gasteiger partial charge >= 0.3 is 0 Å². The minimum absolute atomic E-state index is 0.147. The molecular formula is C17H17Cl2N5O2S. The maximum absolute atomic E-state index is 12.6.